The Balaban J connectivity index is 0.000000255. The normalized spacial score (nSPS) is 18.3. The van der Waals surface area contributed by atoms with Gasteiger partial charge in [-0.2, -0.15) is 18.4 Å². The van der Waals surface area contributed by atoms with E-state index in [0.29, 0.717) is 25.4 Å². The lowest BCUT2D eigenvalue weighted by atomic mass is 9.84. The molecule has 0 bridgehead atoms. The molecule has 2 aliphatic rings. The summed E-state index contributed by atoms with van der Waals surface area (Å²) in [7, 11) is 0. The molecule has 2 heterocycles. The van der Waals surface area contributed by atoms with E-state index in [4.69, 9.17) is 0 Å². The number of halogens is 3. The number of nitriles is 1. The first-order valence-corrected chi connectivity index (χ1v) is 13.7. The van der Waals surface area contributed by atoms with Gasteiger partial charge >= 0.3 is 12.1 Å². The summed E-state index contributed by atoms with van der Waals surface area (Å²) in [4.78, 5) is 38.5. The van der Waals surface area contributed by atoms with Crippen LogP contribution in [0.25, 0.3) is 10.8 Å². The minimum absolute atomic E-state index is 0.0519. The van der Waals surface area contributed by atoms with Gasteiger partial charge in [0.1, 0.15) is 6.04 Å². The first kappa shape index (κ1) is 33.5. The Morgan fingerprint density at radius 3 is 2.34 bits per heavy atom. The Hall–Kier alpha value is -3.68. The molecule has 2 atom stereocenters. The van der Waals surface area contributed by atoms with E-state index in [2.05, 4.69) is 43.2 Å². The lowest BCUT2D eigenvalue weighted by molar-refractivity contribution is -0.174. The monoisotopic (exact) mass is 575 g/mol. The number of nitrogens with one attached hydrogen (secondary N) is 2. The number of hydrogen-bond donors (Lipinski definition) is 2. The second kappa shape index (κ2) is 14.3. The number of carbonyl (C=O) groups excluding carboxylic acids is 3. The highest BCUT2D eigenvalue weighted by Crippen LogP contribution is 2.44. The van der Waals surface area contributed by atoms with Gasteiger partial charge in [0.2, 0.25) is 12.3 Å². The standard InChI is InChI=1S/C15H13N3O.C11H17F3N2O2.C4H10/c16-6-14(18-9-19)13-8-17-7-11-2-1-3-12(15(11)13)10-4-5-10;1-7-5-16(6-10(7,2)3)8(17)4-15-9(18)11(12,13)14;1-4(2)3/h1-3,7-10,14H,4-5H2,(H,18,19);7H,4-6H2,1-3H3,(H,15,18);4H,1-3H3/t;7-;/m.0./s1. The zero-order valence-electron chi connectivity index (χ0n) is 24.5. The van der Waals surface area contributed by atoms with Crippen LogP contribution in [-0.2, 0) is 14.4 Å². The molecular formula is C30H40F3N5O3. The maximum absolute atomic E-state index is 11.9. The Bertz CT molecular complexity index is 1240. The van der Waals surface area contributed by atoms with Crippen molar-refractivity contribution in [3.63, 3.8) is 0 Å². The van der Waals surface area contributed by atoms with Crippen LogP contribution in [0, 0.1) is 28.6 Å². The zero-order valence-corrected chi connectivity index (χ0v) is 24.5. The fraction of sp³-hybridized carbons (Fsp3) is 0.567. The van der Waals surface area contributed by atoms with Crippen LogP contribution in [0.1, 0.15) is 77.5 Å². The lowest BCUT2D eigenvalue weighted by Crippen LogP contribution is -2.44. The van der Waals surface area contributed by atoms with E-state index in [1.165, 1.54) is 23.3 Å². The molecule has 1 aliphatic carbocycles. The van der Waals surface area contributed by atoms with Gasteiger partial charge in [-0.05, 0) is 47.0 Å². The van der Waals surface area contributed by atoms with Gasteiger partial charge in [-0.15, -0.1) is 0 Å². The summed E-state index contributed by atoms with van der Waals surface area (Å²) in [5, 5.41) is 15.4. The molecule has 0 radical (unpaired) electrons. The van der Waals surface area contributed by atoms with E-state index < -0.39 is 30.6 Å². The molecule has 2 fully saturated rings. The van der Waals surface area contributed by atoms with Crippen LogP contribution in [0.5, 0.6) is 0 Å². The van der Waals surface area contributed by atoms with Gasteiger partial charge in [-0.25, -0.2) is 0 Å². The molecule has 11 heteroatoms. The van der Waals surface area contributed by atoms with Crippen LogP contribution >= 0.6 is 0 Å². The summed E-state index contributed by atoms with van der Waals surface area (Å²) in [6.45, 7) is 12.9. The lowest BCUT2D eigenvalue weighted by Gasteiger charge is -2.22. The van der Waals surface area contributed by atoms with Crippen molar-refractivity contribution in [2.75, 3.05) is 19.6 Å². The Morgan fingerprint density at radius 1 is 1.22 bits per heavy atom. The molecule has 1 aromatic heterocycles. The number of carbonyl (C=O) groups is 3. The molecule has 4 rings (SSSR count). The second-order valence-corrected chi connectivity index (χ2v) is 11.9. The summed E-state index contributed by atoms with van der Waals surface area (Å²) in [5.74, 6) is -0.868. The quantitative estimate of drug-likeness (QED) is 0.457. The number of likely N-dealkylation sites (tertiary alicyclic amines) is 1. The zero-order chi connectivity index (χ0) is 31.0. The highest BCUT2D eigenvalue weighted by atomic mass is 19.4. The van der Waals surface area contributed by atoms with Gasteiger partial charge in [0.05, 0.1) is 12.6 Å². The molecule has 2 aromatic rings. The van der Waals surface area contributed by atoms with Gasteiger partial charge in [-0.3, -0.25) is 19.4 Å². The van der Waals surface area contributed by atoms with Crippen molar-refractivity contribution >= 4 is 29.0 Å². The highest BCUT2D eigenvalue weighted by Gasteiger charge is 2.41. The molecule has 1 saturated carbocycles. The summed E-state index contributed by atoms with van der Waals surface area (Å²) < 4.78 is 35.8. The largest absolute Gasteiger partial charge is 0.471 e. The van der Waals surface area contributed by atoms with Crippen molar-refractivity contribution in [2.24, 2.45) is 17.3 Å². The van der Waals surface area contributed by atoms with E-state index in [9.17, 15) is 32.8 Å². The molecule has 224 valence electrons. The van der Waals surface area contributed by atoms with Crippen molar-refractivity contribution in [2.45, 2.75) is 72.5 Å². The number of nitrogens with zero attached hydrogens (tertiary/aromatic N) is 3. The van der Waals surface area contributed by atoms with Crippen LogP contribution in [0.15, 0.2) is 30.6 Å². The molecular weight excluding hydrogens is 535 g/mol. The smallest absolute Gasteiger partial charge is 0.340 e. The Kier molecular flexibility index (Phi) is 11.7. The van der Waals surface area contributed by atoms with E-state index in [1.54, 1.807) is 17.7 Å². The molecule has 8 nitrogen and oxygen atoms in total. The third-order valence-corrected chi connectivity index (χ3v) is 6.97. The van der Waals surface area contributed by atoms with Crippen LogP contribution in [0.2, 0.25) is 0 Å². The molecule has 1 aromatic carbocycles. The van der Waals surface area contributed by atoms with E-state index in [0.717, 1.165) is 22.3 Å². The fourth-order valence-electron chi connectivity index (χ4n) is 4.36. The minimum atomic E-state index is -4.95. The molecule has 1 saturated heterocycles. The molecule has 1 unspecified atom stereocenters. The average Bonchev–Trinajstić information content (AvgIpc) is 3.70. The average molecular weight is 576 g/mol. The van der Waals surface area contributed by atoms with E-state index in [1.807, 2.05) is 32.9 Å². The number of aromatic nitrogens is 1. The summed E-state index contributed by atoms with van der Waals surface area (Å²) >= 11 is 0. The van der Waals surface area contributed by atoms with Crippen molar-refractivity contribution in [3.05, 3.63) is 41.7 Å². The van der Waals surface area contributed by atoms with Crippen LogP contribution in [0.3, 0.4) is 0 Å². The number of pyridine rings is 1. The van der Waals surface area contributed by atoms with E-state index in [-0.39, 0.29) is 11.3 Å². The van der Waals surface area contributed by atoms with Crippen LogP contribution in [0.4, 0.5) is 13.2 Å². The van der Waals surface area contributed by atoms with Gasteiger partial charge in [0.15, 0.2) is 0 Å². The van der Waals surface area contributed by atoms with Gasteiger partial charge < -0.3 is 15.5 Å². The highest BCUT2D eigenvalue weighted by molar-refractivity contribution is 5.90. The van der Waals surface area contributed by atoms with Gasteiger partial charge in [0.25, 0.3) is 0 Å². The second-order valence-electron chi connectivity index (χ2n) is 11.9. The Labute approximate surface area is 239 Å². The SMILES string of the molecule is CC(C)C.C[C@H]1CN(C(=O)CNC(=O)C(F)(F)F)CC1(C)C.N#CC(NC=O)c1cncc2cccc(C3CC3)c12. The maximum atomic E-state index is 11.9. The third-order valence-electron chi connectivity index (χ3n) is 6.97. The topological polar surface area (TPSA) is 115 Å². The first-order valence-electron chi connectivity index (χ1n) is 13.7. The number of hydrogen-bond acceptors (Lipinski definition) is 5. The summed E-state index contributed by atoms with van der Waals surface area (Å²) in [5.41, 5.74) is 2.00. The molecule has 1 aliphatic heterocycles. The molecule has 2 N–H and O–H groups in total. The third kappa shape index (κ3) is 9.73. The van der Waals surface area contributed by atoms with Gasteiger partial charge in [-0.1, -0.05) is 59.7 Å². The van der Waals surface area contributed by atoms with Crippen molar-refractivity contribution in [1.29, 1.82) is 5.26 Å². The summed E-state index contributed by atoms with van der Waals surface area (Å²) in [6, 6.07) is 7.60. The number of fused-ring (bicyclic) bond motifs is 1. The fourth-order valence-corrected chi connectivity index (χ4v) is 4.36. The molecule has 41 heavy (non-hydrogen) atoms. The summed E-state index contributed by atoms with van der Waals surface area (Å²) in [6.07, 6.45) is 1.49. The van der Waals surface area contributed by atoms with Gasteiger partial charge in [0, 0.05) is 36.4 Å². The van der Waals surface area contributed by atoms with Crippen molar-refractivity contribution < 1.29 is 27.6 Å². The minimum Gasteiger partial charge on any atom is -0.340 e. The number of alkyl halides is 3. The predicted octanol–water partition coefficient (Wildman–Crippen LogP) is 5.25. The van der Waals surface area contributed by atoms with Crippen LogP contribution < -0.4 is 10.6 Å². The van der Waals surface area contributed by atoms with Crippen LogP contribution in [-0.4, -0.2) is 53.9 Å². The van der Waals surface area contributed by atoms with Crippen molar-refractivity contribution in [1.82, 2.24) is 20.5 Å². The molecule has 3 amide bonds. The predicted molar refractivity (Wildman–Crippen MR) is 150 cm³/mol. The van der Waals surface area contributed by atoms with E-state index >= 15 is 0 Å². The maximum Gasteiger partial charge on any atom is 0.471 e. The number of rotatable bonds is 6. The molecule has 0 spiro atoms. The Morgan fingerprint density at radius 2 is 1.85 bits per heavy atom. The number of benzene rings is 1. The number of amides is 3. The van der Waals surface area contributed by atoms with Crippen molar-refractivity contribution in [3.8, 4) is 6.07 Å². The first-order chi connectivity index (χ1) is 19.1.